The number of carbonyl (C=O) groups is 2. The number of aryl methyl sites for hydroxylation is 1. The van der Waals surface area contributed by atoms with E-state index < -0.39 is 5.91 Å². The molecule has 0 saturated carbocycles. The van der Waals surface area contributed by atoms with Crippen molar-refractivity contribution in [3.8, 4) is 5.75 Å². The Labute approximate surface area is 168 Å². The van der Waals surface area contributed by atoms with E-state index in [1.54, 1.807) is 31.2 Å². The maximum atomic E-state index is 12.5. The summed E-state index contributed by atoms with van der Waals surface area (Å²) in [4.78, 5) is 24.8. The Kier molecular flexibility index (Phi) is 6.23. The Balaban J connectivity index is 1.62. The molecule has 3 rings (SSSR count). The van der Waals surface area contributed by atoms with Gasteiger partial charge in [0.25, 0.3) is 5.91 Å². The number of anilines is 2. The molecule has 1 aromatic heterocycles. The number of hydrogen-bond donors (Lipinski definition) is 2. The Hall–Kier alpha value is -3.68. The highest BCUT2D eigenvalue weighted by atomic mass is 16.5. The van der Waals surface area contributed by atoms with Gasteiger partial charge in [0.05, 0.1) is 12.3 Å². The molecule has 0 saturated heterocycles. The van der Waals surface area contributed by atoms with E-state index in [2.05, 4.69) is 20.9 Å². The second-order valence-electron chi connectivity index (χ2n) is 6.51. The zero-order valence-corrected chi connectivity index (χ0v) is 16.6. The molecular weight excluding hydrogens is 370 g/mol. The monoisotopic (exact) mass is 393 g/mol. The zero-order valence-electron chi connectivity index (χ0n) is 16.6. The van der Waals surface area contributed by atoms with Crippen LogP contribution in [-0.4, -0.2) is 33.4 Å². The van der Waals surface area contributed by atoms with E-state index in [9.17, 15) is 9.59 Å². The van der Waals surface area contributed by atoms with Gasteiger partial charge in [-0.15, -0.1) is 5.10 Å². The van der Waals surface area contributed by atoms with Crippen LogP contribution in [0, 0.1) is 13.8 Å². The van der Waals surface area contributed by atoms with Crippen LogP contribution in [0.25, 0.3) is 0 Å². The average molecular weight is 393 g/mol. The number of rotatable bonds is 7. The molecule has 3 aromatic rings. The van der Waals surface area contributed by atoms with Crippen molar-refractivity contribution in [3.05, 3.63) is 65.5 Å². The molecule has 0 fully saturated rings. The number of nitrogens with one attached hydrogen (secondary N) is 2. The molecule has 0 unspecified atom stereocenters. The van der Waals surface area contributed by atoms with Crippen LogP contribution in [0.3, 0.4) is 0 Å². The fourth-order valence-corrected chi connectivity index (χ4v) is 2.69. The van der Waals surface area contributed by atoms with Gasteiger partial charge in [-0.25, -0.2) is 4.68 Å². The van der Waals surface area contributed by atoms with E-state index in [0.717, 1.165) is 11.3 Å². The summed E-state index contributed by atoms with van der Waals surface area (Å²) in [5.41, 5.74) is 3.10. The number of nitrogens with zero attached hydrogens (tertiary/aromatic N) is 3. The molecule has 2 amide bonds. The number of amides is 2. The van der Waals surface area contributed by atoms with Crippen molar-refractivity contribution < 1.29 is 14.3 Å². The van der Waals surface area contributed by atoms with Gasteiger partial charge in [0, 0.05) is 11.4 Å². The fourth-order valence-electron chi connectivity index (χ4n) is 2.69. The molecule has 2 aromatic carbocycles. The van der Waals surface area contributed by atoms with Crippen LogP contribution in [0.5, 0.6) is 5.75 Å². The first-order valence-electron chi connectivity index (χ1n) is 9.27. The van der Waals surface area contributed by atoms with Gasteiger partial charge in [-0.05, 0) is 57.2 Å². The lowest BCUT2D eigenvalue weighted by atomic mass is 10.2. The summed E-state index contributed by atoms with van der Waals surface area (Å²) in [6.45, 7) is 6.12. The van der Waals surface area contributed by atoms with E-state index in [-0.39, 0.29) is 18.1 Å². The summed E-state index contributed by atoms with van der Waals surface area (Å²) in [7, 11) is 0. The van der Waals surface area contributed by atoms with Crippen molar-refractivity contribution in [2.24, 2.45) is 0 Å². The lowest BCUT2D eigenvalue weighted by molar-refractivity contribution is -0.117. The molecule has 1 heterocycles. The Morgan fingerprint density at radius 3 is 2.24 bits per heavy atom. The van der Waals surface area contributed by atoms with Crippen LogP contribution >= 0.6 is 0 Å². The average Bonchev–Trinajstić information content (AvgIpc) is 3.06. The van der Waals surface area contributed by atoms with Crippen LogP contribution in [-0.2, 0) is 11.3 Å². The van der Waals surface area contributed by atoms with E-state index in [1.807, 2.05) is 38.1 Å². The first-order chi connectivity index (χ1) is 14.0. The van der Waals surface area contributed by atoms with Crippen molar-refractivity contribution >= 4 is 23.2 Å². The molecular formula is C21H23N5O3. The normalized spacial score (nSPS) is 10.4. The number of hydrogen-bond acceptors (Lipinski definition) is 5. The largest absolute Gasteiger partial charge is 0.494 e. The van der Waals surface area contributed by atoms with E-state index in [1.165, 1.54) is 4.68 Å². The molecule has 8 nitrogen and oxygen atoms in total. The SMILES string of the molecule is CCOc1ccc(NC(=O)c2nnn(CC(=O)Nc3ccc(C)cc3)c2C)cc1. The highest BCUT2D eigenvalue weighted by molar-refractivity contribution is 6.03. The fraction of sp³-hybridized carbons (Fsp3) is 0.238. The van der Waals surface area contributed by atoms with Gasteiger partial charge < -0.3 is 15.4 Å². The number of benzene rings is 2. The van der Waals surface area contributed by atoms with E-state index >= 15 is 0 Å². The maximum Gasteiger partial charge on any atom is 0.278 e. The molecule has 0 aliphatic heterocycles. The van der Waals surface area contributed by atoms with Gasteiger partial charge in [0.2, 0.25) is 5.91 Å². The lowest BCUT2D eigenvalue weighted by Gasteiger charge is -2.07. The second-order valence-corrected chi connectivity index (χ2v) is 6.51. The van der Waals surface area contributed by atoms with Crippen molar-refractivity contribution in [3.63, 3.8) is 0 Å². The molecule has 0 bridgehead atoms. The van der Waals surface area contributed by atoms with Gasteiger partial charge in [-0.3, -0.25) is 9.59 Å². The predicted octanol–water partition coefficient (Wildman–Crippen LogP) is 3.18. The van der Waals surface area contributed by atoms with Gasteiger partial charge in [0.1, 0.15) is 12.3 Å². The Morgan fingerprint density at radius 2 is 1.59 bits per heavy atom. The molecule has 0 aliphatic carbocycles. The molecule has 2 N–H and O–H groups in total. The van der Waals surface area contributed by atoms with E-state index in [4.69, 9.17) is 4.74 Å². The third-order valence-electron chi connectivity index (χ3n) is 4.25. The summed E-state index contributed by atoms with van der Waals surface area (Å²) >= 11 is 0. The quantitative estimate of drug-likeness (QED) is 0.642. The Morgan fingerprint density at radius 1 is 0.966 bits per heavy atom. The van der Waals surface area contributed by atoms with Gasteiger partial charge >= 0.3 is 0 Å². The van der Waals surface area contributed by atoms with Gasteiger partial charge in [-0.2, -0.15) is 0 Å². The molecule has 0 spiro atoms. The molecule has 0 radical (unpaired) electrons. The lowest BCUT2D eigenvalue weighted by Crippen LogP contribution is -2.21. The van der Waals surface area contributed by atoms with Crippen molar-refractivity contribution in [2.45, 2.75) is 27.3 Å². The van der Waals surface area contributed by atoms with Crippen LogP contribution in [0.4, 0.5) is 11.4 Å². The van der Waals surface area contributed by atoms with Crippen molar-refractivity contribution in [1.82, 2.24) is 15.0 Å². The molecule has 0 atom stereocenters. The third-order valence-corrected chi connectivity index (χ3v) is 4.25. The Bertz CT molecular complexity index is 994. The minimum atomic E-state index is -0.392. The second kappa shape index (κ2) is 9.01. The predicted molar refractivity (Wildman–Crippen MR) is 110 cm³/mol. The summed E-state index contributed by atoms with van der Waals surface area (Å²) in [6.07, 6.45) is 0. The van der Waals surface area contributed by atoms with E-state index in [0.29, 0.717) is 23.7 Å². The summed E-state index contributed by atoms with van der Waals surface area (Å²) < 4.78 is 6.78. The summed E-state index contributed by atoms with van der Waals surface area (Å²) in [5, 5.41) is 13.4. The maximum absolute atomic E-state index is 12.5. The first-order valence-corrected chi connectivity index (χ1v) is 9.27. The first kappa shape index (κ1) is 20.1. The van der Waals surface area contributed by atoms with Crippen molar-refractivity contribution in [2.75, 3.05) is 17.2 Å². The number of aromatic nitrogens is 3. The molecule has 150 valence electrons. The van der Waals surface area contributed by atoms with Gasteiger partial charge in [0.15, 0.2) is 5.69 Å². The summed E-state index contributed by atoms with van der Waals surface area (Å²) in [5.74, 6) is 0.0874. The standard InChI is InChI=1S/C21H23N5O3/c1-4-29-18-11-9-17(10-12-18)23-21(28)20-15(3)26(25-24-20)13-19(27)22-16-7-5-14(2)6-8-16/h5-12H,4,13H2,1-3H3,(H,22,27)(H,23,28). The van der Waals surface area contributed by atoms with Crippen LogP contribution in [0.1, 0.15) is 28.7 Å². The summed E-state index contributed by atoms with van der Waals surface area (Å²) in [6, 6.07) is 14.5. The molecule has 0 aliphatic rings. The minimum Gasteiger partial charge on any atom is -0.494 e. The van der Waals surface area contributed by atoms with Crippen molar-refractivity contribution in [1.29, 1.82) is 0 Å². The minimum absolute atomic E-state index is 0.0386. The van der Waals surface area contributed by atoms with Gasteiger partial charge in [-0.1, -0.05) is 22.9 Å². The van der Waals surface area contributed by atoms with Crippen LogP contribution < -0.4 is 15.4 Å². The highest BCUT2D eigenvalue weighted by Gasteiger charge is 2.18. The highest BCUT2D eigenvalue weighted by Crippen LogP contribution is 2.17. The van der Waals surface area contributed by atoms with Crippen LogP contribution in [0.2, 0.25) is 0 Å². The zero-order chi connectivity index (χ0) is 20.8. The van der Waals surface area contributed by atoms with Crippen LogP contribution in [0.15, 0.2) is 48.5 Å². The number of carbonyl (C=O) groups excluding carboxylic acids is 2. The third kappa shape index (κ3) is 5.19. The smallest absolute Gasteiger partial charge is 0.278 e. The number of ether oxygens (including phenoxy) is 1. The molecule has 29 heavy (non-hydrogen) atoms. The molecule has 8 heteroatoms. The topological polar surface area (TPSA) is 98.1 Å².